The van der Waals surface area contributed by atoms with Gasteiger partial charge in [-0.1, -0.05) is 11.6 Å². The lowest BCUT2D eigenvalue weighted by Crippen LogP contribution is -2.54. The normalized spacial score (nSPS) is 22.4. The van der Waals surface area contributed by atoms with Gasteiger partial charge in [0.05, 0.1) is 6.20 Å². The summed E-state index contributed by atoms with van der Waals surface area (Å²) in [7, 11) is 0. The molecule has 3 aromatic rings. The number of hydrogen-bond donors (Lipinski definition) is 0. The fourth-order valence-corrected chi connectivity index (χ4v) is 5.05. The van der Waals surface area contributed by atoms with Gasteiger partial charge in [-0.05, 0) is 51.8 Å². The number of nitrogens with zero attached hydrogens (tertiary/aromatic N) is 5. The minimum atomic E-state index is -1.25. The molecule has 35 heavy (non-hydrogen) atoms. The lowest BCUT2D eigenvalue weighted by Gasteiger charge is -2.42. The molecule has 1 aliphatic heterocycles. The third-order valence-corrected chi connectivity index (χ3v) is 7.30. The fraction of sp³-hybridized carbons (Fsp3) is 0.440. The van der Waals surface area contributed by atoms with Gasteiger partial charge in [0.1, 0.15) is 23.0 Å². The SMILES string of the molecule is Cc1nc2c(-c3ccc(Cl)cc3F)nc(N3CCN(C(=O)C4CC(C)(F)C4)CC3)cn2c(=O)c1C. The van der Waals surface area contributed by atoms with Crippen molar-refractivity contribution in [3.8, 4) is 11.3 Å². The van der Waals surface area contributed by atoms with Crippen molar-refractivity contribution in [1.29, 1.82) is 0 Å². The van der Waals surface area contributed by atoms with E-state index in [2.05, 4.69) is 4.98 Å². The Balaban J connectivity index is 1.49. The second kappa shape index (κ2) is 8.55. The second-order valence-electron chi connectivity index (χ2n) is 9.72. The molecule has 3 heterocycles. The van der Waals surface area contributed by atoms with Gasteiger partial charge in [-0.25, -0.2) is 18.7 Å². The Hall–Kier alpha value is -3.07. The number of halogens is 3. The molecule has 0 atom stereocenters. The molecule has 1 amide bonds. The van der Waals surface area contributed by atoms with Gasteiger partial charge >= 0.3 is 0 Å². The molecule has 0 unspecified atom stereocenters. The van der Waals surface area contributed by atoms with Crippen molar-refractivity contribution in [3.63, 3.8) is 0 Å². The van der Waals surface area contributed by atoms with Crippen molar-refractivity contribution >= 4 is 29.0 Å². The first-order valence-corrected chi connectivity index (χ1v) is 12.0. The van der Waals surface area contributed by atoms with E-state index < -0.39 is 11.5 Å². The van der Waals surface area contributed by atoms with Crippen LogP contribution < -0.4 is 10.5 Å². The summed E-state index contributed by atoms with van der Waals surface area (Å²) >= 11 is 5.95. The van der Waals surface area contributed by atoms with E-state index in [1.54, 1.807) is 31.0 Å². The summed E-state index contributed by atoms with van der Waals surface area (Å²) in [4.78, 5) is 38.8. The van der Waals surface area contributed by atoms with Crippen LogP contribution in [-0.2, 0) is 4.79 Å². The standard InChI is InChI=1S/C25H26ClF2N5O2/c1-14-15(2)29-22-21(18-5-4-17(26)10-19(18)27)30-20(13-33(22)23(14)34)31-6-8-32(9-7-31)24(35)16-11-25(3,28)12-16/h4-5,10,13,16H,6-9,11-12H2,1-3H3. The molecule has 2 fully saturated rings. The van der Waals surface area contributed by atoms with Crippen LogP contribution in [0.3, 0.4) is 0 Å². The Morgan fingerprint density at radius 1 is 1.14 bits per heavy atom. The quantitative estimate of drug-likeness (QED) is 0.543. The monoisotopic (exact) mass is 501 g/mol. The summed E-state index contributed by atoms with van der Waals surface area (Å²) < 4.78 is 30.2. The van der Waals surface area contributed by atoms with Gasteiger partial charge in [0.15, 0.2) is 5.65 Å². The topological polar surface area (TPSA) is 70.8 Å². The molecular weight excluding hydrogens is 476 g/mol. The number of hydrogen-bond acceptors (Lipinski definition) is 5. The van der Waals surface area contributed by atoms with E-state index in [1.807, 2.05) is 4.90 Å². The molecule has 0 spiro atoms. The van der Waals surface area contributed by atoms with Crippen molar-refractivity contribution in [2.24, 2.45) is 5.92 Å². The van der Waals surface area contributed by atoms with Crippen molar-refractivity contribution in [1.82, 2.24) is 19.3 Å². The zero-order chi connectivity index (χ0) is 25.1. The molecule has 1 aliphatic carbocycles. The molecule has 0 N–H and O–H groups in total. The lowest BCUT2D eigenvalue weighted by molar-refractivity contribution is -0.144. The molecule has 1 saturated carbocycles. The van der Waals surface area contributed by atoms with Crippen LogP contribution in [0.1, 0.15) is 31.0 Å². The molecule has 0 bridgehead atoms. The van der Waals surface area contributed by atoms with Crippen LogP contribution in [0, 0.1) is 25.6 Å². The lowest BCUT2D eigenvalue weighted by atomic mass is 9.73. The van der Waals surface area contributed by atoms with Gasteiger partial charge in [-0.2, -0.15) is 0 Å². The highest BCUT2D eigenvalue weighted by Crippen LogP contribution is 2.41. The molecular formula is C25H26ClF2N5O2. The minimum absolute atomic E-state index is 0.0123. The van der Waals surface area contributed by atoms with Gasteiger partial charge in [0.2, 0.25) is 5.91 Å². The largest absolute Gasteiger partial charge is 0.352 e. The molecule has 184 valence electrons. The van der Waals surface area contributed by atoms with Crippen LogP contribution in [0.4, 0.5) is 14.6 Å². The predicted molar refractivity (Wildman–Crippen MR) is 130 cm³/mol. The van der Waals surface area contributed by atoms with Gasteiger partial charge in [-0.15, -0.1) is 0 Å². The van der Waals surface area contributed by atoms with Crippen LogP contribution in [0.25, 0.3) is 16.9 Å². The zero-order valence-electron chi connectivity index (χ0n) is 19.8. The first-order chi connectivity index (χ1) is 16.5. The molecule has 1 aromatic carbocycles. The first-order valence-electron chi connectivity index (χ1n) is 11.6. The summed E-state index contributed by atoms with van der Waals surface area (Å²) in [5, 5.41) is 0.254. The third kappa shape index (κ3) is 4.26. The van der Waals surface area contributed by atoms with Gasteiger partial charge in [0.25, 0.3) is 5.56 Å². The van der Waals surface area contributed by atoms with Gasteiger partial charge < -0.3 is 9.80 Å². The molecule has 2 aromatic heterocycles. The predicted octanol–water partition coefficient (Wildman–Crippen LogP) is 3.95. The van der Waals surface area contributed by atoms with E-state index >= 15 is 0 Å². The minimum Gasteiger partial charge on any atom is -0.352 e. The fourth-order valence-electron chi connectivity index (χ4n) is 4.89. The van der Waals surface area contributed by atoms with Gasteiger partial charge in [0, 0.05) is 53.9 Å². The van der Waals surface area contributed by atoms with Crippen LogP contribution >= 0.6 is 11.6 Å². The second-order valence-corrected chi connectivity index (χ2v) is 10.2. The smallest absolute Gasteiger partial charge is 0.261 e. The Bertz CT molecular complexity index is 1390. The average molecular weight is 502 g/mol. The number of fused-ring (bicyclic) bond motifs is 1. The molecule has 2 aliphatic rings. The highest BCUT2D eigenvalue weighted by atomic mass is 35.5. The van der Waals surface area contributed by atoms with Crippen LogP contribution in [0.5, 0.6) is 0 Å². The maximum Gasteiger partial charge on any atom is 0.261 e. The van der Waals surface area contributed by atoms with Crippen LogP contribution in [-0.4, -0.2) is 57.0 Å². The van der Waals surface area contributed by atoms with E-state index in [0.29, 0.717) is 43.3 Å². The average Bonchev–Trinajstić information content (AvgIpc) is 2.80. The molecule has 0 radical (unpaired) electrons. The third-order valence-electron chi connectivity index (χ3n) is 7.06. The number of carbonyl (C=O) groups excluding carboxylic acids is 1. The van der Waals surface area contributed by atoms with E-state index in [4.69, 9.17) is 16.6 Å². The highest BCUT2D eigenvalue weighted by Gasteiger charge is 2.46. The number of alkyl halides is 1. The Kier molecular flexibility index (Phi) is 5.78. The summed E-state index contributed by atoms with van der Waals surface area (Å²) in [6.45, 7) is 6.86. The Morgan fingerprint density at radius 2 is 1.83 bits per heavy atom. The number of piperazine rings is 1. The number of carbonyl (C=O) groups is 1. The van der Waals surface area contributed by atoms with E-state index in [-0.39, 0.29) is 52.2 Å². The zero-order valence-corrected chi connectivity index (χ0v) is 20.6. The van der Waals surface area contributed by atoms with Crippen molar-refractivity contribution in [2.45, 2.75) is 39.3 Å². The van der Waals surface area contributed by atoms with Crippen LogP contribution in [0.2, 0.25) is 5.02 Å². The number of amides is 1. The summed E-state index contributed by atoms with van der Waals surface area (Å²) in [6.07, 6.45) is 2.15. The first kappa shape index (κ1) is 23.7. The molecule has 10 heteroatoms. The Morgan fingerprint density at radius 3 is 2.46 bits per heavy atom. The van der Waals surface area contributed by atoms with E-state index in [9.17, 15) is 18.4 Å². The van der Waals surface area contributed by atoms with Crippen molar-refractivity contribution < 1.29 is 13.6 Å². The number of anilines is 1. The van der Waals surface area contributed by atoms with E-state index in [1.165, 1.54) is 23.5 Å². The number of aryl methyl sites for hydroxylation is 1. The molecule has 7 nitrogen and oxygen atoms in total. The van der Waals surface area contributed by atoms with E-state index in [0.717, 1.165) is 0 Å². The maximum atomic E-state index is 14.9. The summed E-state index contributed by atoms with van der Waals surface area (Å²) in [5.74, 6) is -0.347. The summed E-state index contributed by atoms with van der Waals surface area (Å²) in [5.41, 5.74) is 0.244. The van der Waals surface area contributed by atoms with Gasteiger partial charge in [-0.3, -0.25) is 14.0 Å². The number of rotatable bonds is 3. The number of aromatic nitrogens is 3. The highest BCUT2D eigenvalue weighted by molar-refractivity contribution is 6.30. The Labute approximate surface area is 206 Å². The summed E-state index contributed by atoms with van der Waals surface area (Å²) in [6, 6.07) is 4.30. The number of benzene rings is 1. The molecule has 5 rings (SSSR count). The van der Waals surface area contributed by atoms with Crippen molar-refractivity contribution in [3.05, 3.63) is 56.8 Å². The van der Waals surface area contributed by atoms with Crippen molar-refractivity contribution in [2.75, 3.05) is 31.1 Å². The van der Waals surface area contributed by atoms with Crippen LogP contribution in [0.15, 0.2) is 29.2 Å². The maximum absolute atomic E-state index is 14.9. The molecule has 1 saturated heterocycles.